The summed E-state index contributed by atoms with van der Waals surface area (Å²) in [5, 5.41) is 0. The molecule has 31 heavy (non-hydrogen) atoms. The van der Waals surface area contributed by atoms with Crippen LogP contribution in [0.2, 0.25) is 13.1 Å². The van der Waals surface area contributed by atoms with Crippen molar-refractivity contribution >= 4 is 8.56 Å². The number of methoxy groups -OCH3 is 2. The smallest absolute Gasteiger partial charge is 0.331 e. The minimum atomic E-state index is -2.17. The van der Waals surface area contributed by atoms with Crippen LogP contribution >= 0.6 is 0 Å². The van der Waals surface area contributed by atoms with E-state index in [0.29, 0.717) is 106 Å². The summed E-state index contributed by atoms with van der Waals surface area (Å²) in [4.78, 5) is 0. The van der Waals surface area contributed by atoms with E-state index in [2.05, 4.69) is 0 Å². The SMILES string of the molecule is COCCOCCOCCOCCO[Si](C)(C)OCCOCCOCCOCCOC. The lowest BCUT2D eigenvalue weighted by Crippen LogP contribution is -2.37. The maximum absolute atomic E-state index is 5.83. The predicted octanol–water partition coefficient (Wildman–Crippen LogP) is 1.11. The minimum Gasteiger partial charge on any atom is -0.392 e. The van der Waals surface area contributed by atoms with Crippen LogP contribution in [0, 0.1) is 0 Å². The molecule has 0 N–H and O–H groups in total. The molecule has 0 atom stereocenters. The van der Waals surface area contributed by atoms with E-state index in [1.807, 2.05) is 13.1 Å². The van der Waals surface area contributed by atoms with Crippen LogP contribution in [0.4, 0.5) is 0 Å². The van der Waals surface area contributed by atoms with Gasteiger partial charge in [-0.05, 0) is 13.1 Å². The van der Waals surface area contributed by atoms with Gasteiger partial charge in [0.1, 0.15) is 0 Å². The van der Waals surface area contributed by atoms with Gasteiger partial charge in [-0.1, -0.05) is 0 Å². The quantitative estimate of drug-likeness (QED) is 0.135. The van der Waals surface area contributed by atoms with Gasteiger partial charge in [-0.2, -0.15) is 0 Å². The molecule has 188 valence electrons. The summed E-state index contributed by atoms with van der Waals surface area (Å²) in [6.07, 6.45) is 0. The first kappa shape index (κ1) is 30.8. The molecule has 0 unspecified atom stereocenters. The lowest BCUT2D eigenvalue weighted by Gasteiger charge is -2.22. The normalized spacial score (nSPS) is 12.0. The highest BCUT2D eigenvalue weighted by Crippen LogP contribution is 2.05. The van der Waals surface area contributed by atoms with Crippen molar-refractivity contribution in [3.63, 3.8) is 0 Å². The summed E-state index contributed by atoms with van der Waals surface area (Å²) in [5.41, 5.74) is 0. The van der Waals surface area contributed by atoms with Crippen molar-refractivity contribution in [2.75, 3.05) is 120 Å². The number of rotatable bonds is 26. The Morgan fingerprint density at radius 3 is 0.839 bits per heavy atom. The number of ether oxygens (including phenoxy) is 8. The van der Waals surface area contributed by atoms with Crippen molar-refractivity contribution in [1.82, 2.24) is 0 Å². The van der Waals surface area contributed by atoms with Gasteiger partial charge >= 0.3 is 8.56 Å². The summed E-state index contributed by atoms with van der Waals surface area (Å²) in [7, 11) is 1.12. The van der Waals surface area contributed by atoms with Crippen molar-refractivity contribution in [3.05, 3.63) is 0 Å². The van der Waals surface area contributed by atoms with E-state index in [0.717, 1.165) is 0 Å². The van der Waals surface area contributed by atoms with E-state index in [1.165, 1.54) is 0 Å². The van der Waals surface area contributed by atoms with Gasteiger partial charge in [0.05, 0.1) is 106 Å². The van der Waals surface area contributed by atoms with Crippen molar-refractivity contribution in [3.8, 4) is 0 Å². The third-order valence-corrected chi connectivity index (χ3v) is 5.50. The second kappa shape index (κ2) is 24.5. The van der Waals surface area contributed by atoms with Crippen molar-refractivity contribution in [2.45, 2.75) is 13.1 Å². The van der Waals surface area contributed by atoms with Gasteiger partial charge in [0.2, 0.25) is 0 Å². The van der Waals surface area contributed by atoms with Gasteiger partial charge in [-0.15, -0.1) is 0 Å². The molecule has 0 aliphatic heterocycles. The first-order valence-electron chi connectivity index (χ1n) is 10.8. The molecule has 0 aromatic carbocycles. The zero-order chi connectivity index (χ0) is 22.9. The molecular weight excluding hydrogens is 428 g/mol. The molecule has 10 nitrogen and oxygen atoms in total. The Morgan fingerprint density at radius 2 is 0.581 bits per heavy atom. The van der Waals surface area contributed by atoms with E-state index in [4.69, 9.17) is 46.7 Å². The average Bonchev–Trinajstić information content (AvgIpc) is 2.75. The monoisotopic (exact) mass is 472 g/mol. The minimum absolute atomic E-state index is 0.500. The zero-order valence-electron chi connectivity index (χ0n) is 19.9. The third kappa shape index (κ3) is 26.0. The molecule has 0 saturated heterocycles. The Labute approximate surface area is 188 Å². The Bertz CT molecular complexity index is 320. The highest BCUT2D eigenvalue weighted by molar-refractivity contribution is 6.64. The van der Waals surface area contributed by atoms with Gasteiger partial charge < -0.3 is 46.7 Å². The molecule has 0 bridgehead atoms. The molecule has 11 heteroatoms. The third-order valence-electron chi connectivity index (χ3n) is 3.71. The molecule has 0 fully saturated rings. The van der Waals surface area contributed by atoms with Crippen molar-refractivity contribution < 1.29 is 46.7 Å². The van der Waals surface area contributed by atoms with E-state index in [1.54, 1.807) is 14.2 Å². The fourth-order valence-electron chi connectivity index (χ4n) is 2.10. The maximum atomic E-state index is 5.83. The summed E-state index contributed by atoms with van der Waals surface area (Å²) in [6.45, 7) is 12.7. The molecule has 0 spiro atoms. The van der Waals surface area contributed by atoms with Crippen LogP contribution in [0.15, 0.2) is 0 Å². The standard InChI is InChI=1S/C20H44O10Si/c1-21-5-7-23-9-11-25-13-15-27-17-19-29-31(3,4)30-20-18-28-16-14-26-12-10-24-8-6-22-2/h5-20H2,1-4H3. The maximum Gasteiger partial charge on any atom is 0.331 e. The first-order valence-corrected chi connectivity index (χ1v) is 13.7. The van der Waals surface area contributed by atoms with E-state index in [-0.39, 0.29) is 0 Å². The molecule has 0 amide bonds. The number of hydrogen-bond donors (Lipinski definition) is 0. The summed E-state index contributed by atoms with van der Waals surface area (Å²) in [6, 6.07) is 0. The second-order valence-corrected chi connectivity index (χ2v) is 10.1. The van der Waals surface area contributed by atoms with Crippen LogP contribution in [0.3, 0.4) is 0 Å². The van der Waals surface area contributed by atoms with Crippen LogP contribution < -0.4 is 0 Å². The average molecular weight is 473 g/mol. The molecule has 0 saturated carbocycles. The molecule has 0 aromatic heterocycles. The fraction of sp³-hybridized carbons (Fsp3) is 1.00. The lowest BCUT2D eigenvalue weighted by atomic mass is 10.7. The molecule has 0 radical (unpaired) electrons. The number of hydrogen-bond acceptors (Lipinski definition) is 10. The van der Waals surface area contributed by atoms with Crippen LogP contribution in [0.5, 0.6) is 0 Å². The Kier molecular flexibility index (Phi) is 24.3. The largest absolute Gasteiger partial charge is 0.392 e. The Balaban J connectivity index is 3.29. The highest BCUT2D eigenvalue weighted by atomic mass is 28.4. The van der Waals surface area contributed by atoms with Crippen LogP contribution in [0.25, 0.3) is 0 Å². The summed E-state index contributed by atoms with van der Waals surface area (Å²) < 4.78 is 53.8. The lowest BCUT2D eigenvalue weighted by molar-refractivity contribution is -0.00536. The second-order valence-electron chi connectivity index (χ2n) is 6.76. The molecule has 0 aliphatic rings. The van der Waals surface area contributed by atoms with Gasteiger partial charge in [-0.3, -0.25) is 0 Å². The molecule has 0 aromatic rings. The van der Waals surface area contributed by atoms with E-state index >= 15 is 0 Å². The topological polar surface area (TPSA) is 92.3 Å². The van der Waals surface area contributed by atoms with Crippen LogP contribution in [0.1, 0.15) is 0 Å². The van der Waals surface area contributed by atoms with Crippen LogP contribution in [-0.2, 0) is 46.7 Å². The summed E-state index contributed by atoms with van der Waals surface area (Å²) >= 11 is 0. The van der Waals surface area contributed by atoms with Crippen molar-refractivity contribution in [2.24, 2.45) is 0 Å². The Hall–Kier alpha value is -0.183. The van der Waals surface area contributed by atoms with Gasteiger partial charge in [-0.25, -0.2) is 0 Å². The van der Waals surface area contributed by atoms with Gasteiger partial charge in [0.25, 0.3) is 0 Å². The van der Waals surface area contributed by atoms with Crippen molar-refractivity contribution in [1.29, 1.82) is 0 Å². The van der Waals surface area contributed by atoms with Crippen LogP contribution in [-0.4, -0.2) is 128 Å². The molecule has 0 rings (SSSR count). The zero-order valence-corrected chi connectivity index (χ0v) is 20.9. The predicted molar refractivity (Wildman–Crippen MR) is 118 cm³/mol. The first-order chi connectivity index (χ1) is 15.1. The van der Waals surface area contributed by atoms with E-state index < -0.39 is 8.56 Å². The fourth-order valence-corrected chi connectivity index (χ4v) is 3.34. The molecular formula is C20H44O10Si. The summed E-state index contributed by atoms with van der Waals surface area (Å²) in [5.74, 6) is 0. The molecule has 0 heterocycles. The van der Waals surface area contributed by atoms with Gasteiger partial charge in [0, 0.05) is 14.2 Å². The highest BCUT2D eigenvalue weighted by Gasteiger charge is 2.24. The Morgan fingerprint density at radius 1 is 0.355 bits per heavy atom. The van der Waals surface area contributed by atoms with Gasteiger partial charge in [0.15, 0.2) is 0 Å². The molecule has 0 aliphatic carbocycles. The van der Waals surface area contributed by atoms with E-state index in [9.17, 15) is 0 Å².